The molecular weight excluding hydrogens is 268 g/mol. The minimum absolute atomic E-state index is 0.0702. The molecule has 0 aliphatic heterocycles. The summed E-state index contributed by atoms with van der Waals surface area (Å²) in [6, 6.07) is 5.80. The third-order valence-electron chi connectivity index (χ3n) is 3.32. The second-order valence-corrected chi connectivity index (χ2v) is 6.27. The van der Waals surface area contributed by atoms with Crippen LogP contribution in [0.15, 0.2) is 18.2 Å². The number of nitrogens with two attached hydrogens (primary N) is 1. The molecule has 3 rings (SSSR count). The van der Waals surface area contributed by atoms with E-state index in [9.17, 15) is 4.79 Å². The van der Waals surface area contributed by atoms with Gasteiger partial charge in [-0.25, -0.2) is 0 Å². The van der Waals surface area contributed by atoms with Gasteiger partial charge in [0.2, 0.25) is 0 Å². The summed E-state index contributed by atoms with van der Waals surface area (Å²) in [6.45, 7) is 2.12. The Morgan fingerprint density at radius 3 is 2.94 bits per heavy atom. The molecule has 0 saturated heterocycles. The van der Waals surface area contributed by atoms with Crippen LogP contribution in [0, 0.1) is 5.92 Å². The Hall–Kier alpha value is -1.26. The van der Waals surface area contributed by atoms with Crippen molar-refractivity contribution in [2.45, 2.75) is 19.4 Å². The van der Waals surface area contributed by atoms with Crippen molar-refractivity contribution in [3.63, 3.8) is 0 Å². The highest BCUT2D eigenvalue weighted by molar-refractivity contribution is 7.21. The predicted octanol–water partition coefficient (Wildman–Crippen LogP) is 3.28. The number of amides is 1. The van der Waals surface area contributed by atoms with E-state index in [0.717, 1.165) is 16.5 Å². The van der Waals surface area contributed by atoms with Crippen molar-refractivity contribution in [3.8, 4) is 0 Å². The first kappa shape index (κ1) is 11.8. The second kappa shape index (κ2) is 4.14. The van der Waals surface area contributed by atoms with E-state index in [1.54, 1.807) is 6.07 Å². The van der Waals surface area contributed by atoms with Crippen molar-refractivity contribution in [2.24, 2.45) is 5.92 Å². The molecule has 1 saturated carbocycles. The van der Waals surface area contributed by atoms with Crippen molar-refractivity contribution < 1.29 is 4.79 Å². The van der Waals surface area contributed by atoms with Gasteiger partial charge in [0.05, 0.1) is 5.69 Å². The molecule has 2 atom stereocenters. The van der Waals surface area contributed by atoms with Gasteiger partial charge in [-0.2, -0.15) is 0 Å². The number of nitrogen functional groups attached to an aromatic ring is 1. The van der Waals surface area contributed by atoms with Crippen LogP contribution in [0.1, 0.15) is 23.0 Å². The quantitative estimate of drug-likeness (QED) is 0.887. The van der Waals surface area contributed by atoms with Crippen molar-refractivity contribution in [3.05, 3.63) is 28.1 Å². The molecule has 2 unspecified atom stereocenters. The number of fused-ring (bicyclic) bond motifs is 1. The minimum atomic E-state index is -0.0702. The van der Waals surface area contributed by atoms with Crippen LogP contribution in [-0.4, -0.2) is 11.9 Å². The Kier molecular flexibility index (Phi) is 2.72. The fourth-order valence-electron chi connectivity index (χ4n) is 2.02. The molecule has 94 valence electrons. The van der Waals surface area contributed by atoms with Gasteiger partial charge in [0.25, 0.3) is 5.91 Å². The molecular formula is C13H13ClN2OS. The number of nitrogens with one attached hydrogen (secondary N) is 1. The lowest BCUT2D eigenvalue weighted by molar-refractivity contribution is 0.0954. The molecule has 1 heterocycles. The molecule has 1 aliphatic rings. The number of anilines is 1. The van der Waals surface area contributed by atoms with Crippen LogP contribution in [0.3, 0.4) is 0 Å². The van der Waals surface area contributed by atoms with Crippen LogP contribution >= 0.6 is 22.9 Å². The molecule has 1 fully saturated rings. The van der Waals surface area contributed by atoms with Crippen molar-refractivity contribution in [2.75, 3.05) is 5.73 Å². The molecule has 0 spiro atoms. The molecule has 5 heteroatoms. The number of carbonyl (C=O) groups is 1. The fourth-order valence-corrected chi connectivity index (χ4v) is 3.32. The fraction of sp³-hybridized carbons (Fsp3) is 0.308. The maximum absolute atomic E-state index is 12.1. The minimum Gasteiger partial charge on any atom is -0.397 e. The van der Waals surface area contributed by atoms with Gasteiger partial charge in [-0.1, -0.05) is 18.5 Å². The van der Waals surface area contributed by atoms with Gasteiger partial charge in [-0.05, 0) is 30.5 Å². The van der Waals surface area contributed by atoms with Crippen LogP contribution < -0.4 is 11.1 Å². The lowest BCUT2D eigenvalue weighted by Gasteiger charge is -2.02. The van der Waals surface area contributed by atoms with E-state index >= 15 is 0 Å². The molecule has 1 aromatic heterocycles. The zero-order valence-corrected chi connectivity index (χ0v) is 11.4. The highest BCUT2D eigenvalue weighted by Crippen LogP contribution is 2.36. The summed E-state index contributed by atoms with van der Waals surface area (Å²) >= 11 is 7.33. The van der Waals surface area contributed by atoms with Crippen molar-refractivity contribution in [1.29, 1.82) is 0 Å². The molecule has 3 N–H and O–H groups in total. The van der Waals surface area contributed by atoms with Crippen molar-refractivity contribution in [1.82, 2.24) is 5.32 Å². The first-order valence-corrected chi connectivity index (χ1v) is 7.04. The van der Waals surface area contributed by atoms with Crippen LogP contribution in [0.2, 0.25) is 5.02 Å². The summed E-state index contributed by atoms with van der Waals surface area (Å²) in [5.41, 5.74) is 6.58. The van der Waals surface area contributed by atoms with Gasteiger partial charge in [0.1, 0.15) is 4.88 Å². The molecule has 1 aromatic carbocycles. The Morgan fingerprint density at radius 1 is 1.56 bits per heavy atom. The number of halogens is 1. The average molecular weight is 281 g/mol. The molecule has 1 aliphatic carbocycles. The van der Waals surface area contributed by atoms with E-state index in [4.69, 9.17) is 17.3 Å². The maximum atomic E-state index is 12.1. The smallest absolute Gasteiger partial charge is 0.263 e. The second-order valence-electron chi connectivity index (χ2n) is 4.78. The number of rotatable bonds is 2. The van der Waals surface area contributed by atoms with Gasteiger partial charge < -0.3 is 11.1 Å². The van der Waals surface area contributed by atoms with Gasteiger partial charge >= 0.3 is 0 Å². The number of carbonyl (C=O) groups excluding carboxylic acids is 1. The van der Waals surface area contributed by atoms with E-state index in [1.807, 2.05) is 12.1 Å². The van der Waals surface area contributed by atoms with Crippen LogP contribution in [0.5, 0.6) is 0 Å². The summed E-state index contributed by atoms with van der Waals surface area (Å²) in [4.78, 5) is 12.7. The molecule has 18 heavy (non-hydrogen) atoms. The van der Waals surface area contributed by atoms with E-state index in [0.29, 0.717) is 27.5 Å². The molecule has 0 radical (unpaired) electrons. The highest BCUT2D eigenvalue weighted by atomic mass is 35.5. The Morgan fingerprint density at radius 2 is 2.28 bits per heavy atom. The monoisotopic (exact) mass is 280 g/mol. The topological polar surface area (TPSA) is 55.1 Å². The van der Waals surface area contributed by atoms with Crippen molar-refractivity contribution >= 4 is 44.6 Å². The van der Waals surface area contributed by atoms with E-state index in [-0.39, 0.29) is 5.91 Å². The summed E-state index contributed by atoms with van der Waals surface area (Å²) in [5.74, 6) is 0.512. The highest BCUT2D eigenvalue weighted by Gasteiger charge is 2.34. The van der Waals surface area contributed by atoms with Gasteiger partial charge in [0.15, 0.2) is 0 Å². The predicted molar refractivity (Wildman–Crippen MR) is 76.3 cm³/mol. The van der Waals surface area contributed by atoms with Crippen LogP contribution in [0.25, 0.3) is 10.1 Å². The third kappa shape index (κ3) is 1.95. The number of hydrogen-bond acceptors (Lipinski definition) is 3. The molecule has 3 nitrogen and oxygen atoms in total. The first-order chi connectivity index (χ1) is 8.56. The lowest BCUT2D eigenvalue weighted by atomic mass is 10.2. The standard InChI is InChI=1S/C13H13ClN2OS/c1-6-4-9(6)16-13(17)12-11(15)8-3-2-7(14)5-10(8)18-12/h2-3,5-6,9H,4,15H2,1H3,(H,16,17). The summed E-state index contributed by atoms with van der Waals surface area (Å²) in [5, 5.41) is 4.55. The van der Waals surface area contributed by atoms with Crippen LogP contribution in [0.4, 0.5) is 5.69 Å². The van der Waals surface area contributed by atoms with Gasteiger partial charge in [0, 0.05) is 21.2 Å². The average Bonchev–Trinajstić information content (AvgIpc) is 2.89. The number of benzene rings is 1. The Labute approximate surface area is 114 Å². The summed E-state index contributed by atoms with van der Waals surface area (Å²) in [6.07, 6.45) is 1.06. The zero-order valence-electron chi connectivity index (χ0n) is 9.87. The third-order valence-corrected chi connectivity index (χ3v) is 4.72. The maximum Gasteiger partial charge on any atom is 0.263 e. The first-order valence-electron chi connectivity index (χ1n) is 5.84. The van der Waals surface area contributed by atoms with E-state index < -0.39 is 0 Å². The van der Waals surface area contributed by atoms with E-state index in [2.05, 4.69) is 12.2 Å². The summed E-state index contributed by atoms with van der Waals surface area (Å²) in [7, 11) is 0. The number of thiophene rings is 1. The Bertz CT molecular complexity index is 637. The van der Waals surface area contributed by atoms with E-state index in [1.165, 1.54) is 11.3 Å². The molecule has 1 amide bonds. The zero-order chi connectivity index (χ0) is 12.9. The normalized spacial score (nSPS) is 22.1. The van der Waals surface area contributed by atoms with Crippen LogP contribution in [-0.2, 0) is 0 Å². The largest absolute Gasteiger partial charge is 0.397 e. The lowest BCUT2D eigenvalue weighted by Crippen LogP contribution is -2.26. The number of hydrogen-bond donors (Lipinski definition) is 2. The van der Waals surface area contributed by atoms with Gasteiger partial charge in [-0.15, -0.1) is 11.3 Å². The SMILES string of the molecule is CC1CC1NC(=O)c1sc2cc(Cl)ccc2c1N. The molecule has 0 bridgehead atoms. The molecule has 2 aromatic rings. The Balaban J connectivity index is 1.96. The summed E-state index contributed by atoms with van der Waals surface area (Å²) < 4.78 is 0.953. The van der Waals surface area contributed by atoms with Gasteiger partial charge in [-0.3, -0.25) is 4.79 Å².